The highest BCUT2D eigenvalue weighted by Gasteiger charge is 2.15. The molecule has 17 heavy (non-hydrogen) atoms. The lowest BCUT2D eigenvalue weighted by molar-refractivity contribution is -0.116. The Kier molecular flexibility index (Phi) is 4.03. The van der Waals surface area contributed by atoms with Gasteiger partial charge in [-0.15, -0.1) is 0 Å². The molecule has 1 atom stereocenters. The summed E-state index contributed by atoms with van der Waals surface area (Å²) < 4.78 is 0. The Bertz CT molecular complexity index is 371. The monoisotopic (exact) mass is 234 g/mol. The van der Waals surface area contributed by atoms with Gasteiger partial charge in [-0.3, -0.25) is 4.79 Å². The van der Waals surface area contributed by atoms with E-state index in [0.29, 0.717) is 23.9 Å². The van der Waals surface area contributed by atoms with Crippen molar-refractivity contribution in [3.8, 4) is 0 Å². The summed E-state index contributed by atoms with van der Waals surface area (Å²) in [5.74, 6) is 1.40. The molecule has 1 unspecified atom stereocenters. The zero-order chi connectivity index (χ0) is 12.1. The molecule has 0 spiro atoms. The molecule has 0 aromatic carbocycles. The number of anilines is 1. The van der Waals surface area contributed by atoms with Gasteiger partial charge in [0.15, 0.2) is 0 Å². The van der Waals surface area contributed by atoms with Crippen molar-refractivity contribution in [2.24, 2.45) is 5.92 Å². The normalized spacial score (nSPS) is 19.2. The largest absolute Gasteiger partial charge is 0.323 e. The van der Waals surface area contributed by atoms with Gasteiger partial charge in [0.05, 0.1) is 18.1 Å². The lowest BCUT2D eigenvalue weighted by atomic mass is 10.0. The first kappa shape index (κ1) is 12.0. The van der Waals surface area contributed by atoms with Gasteiger partial charge < -0.3 is 10.6 Å². The highest BCUT2D eigenvalue weighted by atomic mass is 16.1. The number of carbonyl (C=O) groups is 1. The van der Waals surface area contributed by atoms with Gasteiger partial charge in [0.1, 0.15) is 5.82 Å². The topological polar surface area (TPSA) is 66.9 Å². The van der Waals surface area contributed by atoms with E-state index in [0.717, 1.165) is 19.5 Å². The van der Waals surface area contributed by atoms with Crippen LogP contribution in [0.2, 0.25) is 0 Å². The van der Waals surface area contributed by atoms with Crippen LogP contribution in [0.3, 0.4) is 0 Å². The zero-order valence-corrected chi connectivity index (χ0v) is 10.1. The fourth-order valence-corrected chi connectivity index (χ4v) is 1.98. The minimum absolute atomic E-state index is 0.0457. The van der Waals surface area contributed by atoms with Crippen LogP contribution in [0.25, 0.3) is 0 Å². The van der Waals surface area contributed by atoms with E-state index in [4.69, 9.17) is 0 Å². The van der Waals surface area contributed by atoms with Crippen LogP contribution in [0.15, 0.2) is 12.4 Å². The Hall–Kier alpha value is -1.49. The third-order valence-corrected chi connectivity index (χ3v) is 3.01. The first-order valence-electron chi connectivity index (χ1n) is 6.03. The van der Waals surface area contributed by atoms with Crippen molar-refractivity contribution < 1.29 is 4.79 Å². The predicted octanol–water partition coefficient (Wildman–Crippen LogP) is 1.11. The van der Waals surface area contributed by atoms with Gasteiger partial charge >= 0.3 is 0 Å². The fraction of sp³-hybridized carbons (Fsp3) is 0.583. The number of aryl methyl sites for hydroxylation is 1. The Labute approximate surface area is 101 Å². The van der Waals surface area contributed by atoms with Crippen molar-refractivity contribution in [1.82, 2.24) is 15.3 Å². The summed E-state index contributed by atoms with van der Waals surface area (Å²) in [5.41, 5.74) is 0.671. The number of hydrogen-bond donors (Lipinski definition) is 2. The summed E-state index contributed by atoms with van der Waals surface area (Å²) in [6.45, 7) is 3.94. The molecule has 1 fully saturated rings. The Balaban J connectivity index is 1.74. The molecule has 0 bridgehead atoms. The number of nitrogens with zero attached hydrogens (tertiary/aromatic N) is 2. The Morgan fingerprint density at radius 2 is 2.29 bits per heavy atom. The Morgan fingerprint density at radius 1 is 1.53 bits per heavy atom. The second-order valence-corrected chi connectivity index (χ2v) is 4.46. The smallest absolute Gasteiger partial charge is 0.224 e. The van der Waals surface area contributed by atoms with Crippen molar-refractivity contribution in [2.75, 3.05) is 18.4 Å². The maximum absolute atomic E-state index is 11.7. The molecule has 1 saturated heterocycles. The summed E-state index contributed by atoms with van der Waals surface area (Å²) in [6.07, 6.45) is 5.97. The molecule has 0 saturated carbocycles. The van der Waals surface area contributed by atoms with E-state index in [9.17, 15) is 4.79 Å². The van der Waals surface area contributed by atoms with Crippen LogP contribution in [0, 0.1) is 12.8 Å². The van der Waals surface area contributed by atoms with Crippen LogP contribution in [0.1, 0.15) is 25.1 Å². The van der Waals surface area contributed by atoms with E-state index in [-0.39, 0.29) is 5.91 Å². The van der Waals surface area contributed by atoms with Crippen LogP contribution in [-0.2, 0) is 4.79 Å². The van der Waals surface area contributed by atoms with E-state index in [1.165, 1.54) is 6.42 Å². The van der Waals surface area contributed by atoms with Gasteiger partial charge in [-0.05, 0) is 38.8 Å². The third-order valence-electron chi connectivity index (χ3n) is 3.01. The van der Waals surface area contributed by atoms with Crippen LogP contribution >= 0.6 is 0 Å². The third kappa shape index (κ3) is 3.78. The lowest BCUT2D eigenvalue weighted by Gasteiger charge is -2.08. The summed E-state index contributed by atoms with van der Waals surface area (Å²) in [4.78, 5) is 19.7. The average Bonchev–Trinajstić information content (AvgIpc) is 2.83. The molecule has 92 valence electrons. The van der Waals surface area contributed by atoms with E-state index in [1.807, 2.05) is 6.92 Å². The minimum Gasteiger partial charge on any atom is -0.323 e. The molecule has 2 heterocycles. The molecule has 1 amide bonds. The van der Waals surface area contributed by atoms with Crippen LogP contribution < -0.4 is 10.6 Å². The zero-order valence-electron chi connectivity index (χ0n) is 10.1. The SMILES string of the molecule is Cc1ncc(NC(=O)CCC2CCNC2)cn1. The van der Waals surface area contributed by atoms with Crippen molar-refractivity contribution in [2.45, 2.75) is 26.2 Å². The van der Waals surface area contributed by atoms with Crippen LogP contribution in [-0.4, -0.2) is 29.0 Å². The standard InChI is InChI=1S/C12H18N4O/c1-9-14-7-11(8-15-9)16-12(17)3-2-10-4-5-13-6-10/h7-8,10,13H,2-6H2,1H3,(H,16,17). The number of carbonyl (C=O) groups excluding carboxylic acids is 1. The minimum atomic E-state index is 0.0457. The summed E-state index contributed by atoms with van der Waals surface area (Å²) in [6, 6.07) is 0. The number of nitrogens with one attached hydrogen (secondary N) is 2. The van der Waals surface area contributed by atoms with E-state index in [1.54, 1.807) is 12.4 Å². The van der Waals surface area contributed by atoms with Crippen molar-refractivity contribution in [3.05, 3.63) is 18.2 Å². The molecule has 2 N–H and O–H groups in total. The maximum Gasteiger partial charge on any atom is 0.224 e. The summed E-state index contributed by atoms with van der Waals surface area (Å²) in [5, 5.41) is 6.11. The van der Waals surface area contributed by atoms with Gasteiger partial charge in [-0.1, -0.05) is 0 Å². The first-order valence-corrected chi connectivity index (χ1v) is 6.03. The van der Waals surface area contributed by atoms with E-state index >= 15 is 0 Å². The predicted molar refractivity (Wildman–Crippen MR) is 65.6 cm³/mol. The maximum atomic E-state index is 11.7. The van der Waals surface area contributed by atoms with Crippen LogP contribution in [0.5, 0.6) is 0 Å². The molecule has 1 aromatic heterocycles. The highest BCUT2D eigenvalue weighted by molar-refractivity contribution is 5.90. The lowest BCUT2D eigenvalue weighted by Crippen LogP contribution is -2.15. The molecule has 0 radical (unpaired) electrons. The van der Waals surface area contributed by atoms with Crippen molar-refractivity contribution >= 4 is 11.6 Å². The summed E-state index contributed by atoms with van der Waals surface area (Å²) in [7, 11) is 0. The number of amides is 1. The quantitative estimate of drug-likeness (QED) is 0.819. The number of rotatable bonds is 4. The Morgan fingerprint density at radius 3 is 2.94 bits per heavy atom. The molecule has 2 rings (SSSR count). The van der Waals surface area contributed by atoms with Gasteiger partial charge in [0, 0.05) is 6.42 Å². The van der Waals surface area contributed by atoms with Gasteiger partial charge in [-0.25, -0.2) is 9.97 Å². The van der Waals surface area contributed by atoms with E-state index < -0.39 is 0 Å². The number of aromatic nitrogens is 2. The van der Waals surface area contributed by atoms with Crippen molar-refractivity contribution in [3.63, 3.8) is 0 Å². The molecule has 5 nitrogen and oxygen atoms in total. The average molecular weight is 234 g/mol. The first-order chi connectivity index (χ1) is 8.24. The second-order valence-electron chi connectivity index (χ2n) is 4.46. The fourth-order valence-electron chi connectivity index (χ4n) is 1.98. The van der Waals surface area contributed by atoms with Gasteiger partial charge in [0.25, 0.3) is 0 Å². The van der Waals surface area contributed by atoms with E-state index in [2.05, 4.69) is 20.6 Å². The highest BCUT2D eigenvalue weighted by Crippen LogP contribution is 2.14. The molecule has 1 aromatic rings. The number of hydrogen-bond acceptors (Lipinski definition) is 4. The molecule has 1 aliphatic heterocycles. The van der Waals surface area contributed by atoms with Crippen LogP contribution in [0.4, 0.5) is 5.69 Å². The molecule has 1 aliphatic rings. The molecular formula is C12H18N4O. The van der Waals surface area contributed by atoms with Gasteiger partial charge in [-0.2, -0.15) is 0 Å². The van der Waals surface area contributed by atoms with Crippen molar-refractivity contribution in [1.29, 1.82) is 0 Å². The van der Waals surface area contributed by atoms with Gasteiger partial charge in [0.2, 0.25) is 5.91 Å². The molecule has 0 aliphatic carbocycles. The molecular weight excluding hydrogens is 216 g/mol. The summed E-state index contributed by atoms with van der Waals surface area (Å²) >= 11 is 0. The second kappa shape index (κ2) is 5.72. The molecule has 5 heteroatoms.